The van der Waals surface area contributed by atoms with Gasteiger partial charge in [0.05, 0.1) is 0 Å². The summed E-state index contributed by atoms with van der Waals surface area (Å²) >= 11 is 0. The van der Waals surface area contributed by atoms with Crippen molar-refractivity contribution >= 4 is 12.0 Å². The van der Waals surface area contributed by atoms with Gasteiger partial charge in [-0.3, -0.25) is 4.79 Å². The van der Waals surface area contributed by atoms with Crippen LogP contribution in [0.15, 0.2) is 24.0 Å². The van der Waals surface area contributed by atoms with Crippen molar-refractivity contribution < 1.29 is 14.3 Å². The Balaban J connectivity index is 1.82. The Labute approximate surface area is 107 Å². The summed E-state index contributed by atoms with van der Waals surface area (Å²) in [4.78, 5) is 26.4. The first-order chi connectivity index (χ1) is 8.66. The third-order valence-electron chi connectivity index (χ3n) is 3.15. The summed E-state index contributed by atoms with van der Waals surface area (Å²) in [6.07, 6.45) is 7.33. The van der Waals surface area contributed by atoms with E-state index in [0.717, 1.165) is 12.8 Å². The molecule has 0 aromatic rings. The monoisotopic (exact) mass is 250 g/mol. The van der Waals surface area contributed by atoms with Gasteiger partial charge in [0.2, 0.25) is 5.91 Å². The molecule has 0 spiro atoms. The molecule has 0 N–H and O–H groups in total. The van der Waals surface area contributed by atoms with E-state index in [-0.39, 0.29) is 12.0 Å². The maximum Gasteiger partial charge on any atom is 0.415 e. The number of carbonyl (C=O) groups excluding carboxylic acids is 2. The number of rotatable bonds is 1. The lowest BCUT2D eigenvalue weighted by Crippen LogP contribution is -2.50. The molecule has 5 heteroatoms. The smallest absolute Gasteiger partial charge is 0.411 e. The molecule has 2 aliphatic rings. The van der Waals surface area contributed by atoms with E-state index >= 15 is 0 Å². The van der Waals surface area contributed by atoms with E-state index in [1.165, 1.54) is 0 Å². The fourth-order valence-corrected chi connectivity index (χ4v) is 2.03. The minimum atomic E-state index is -0.323. The molecule has 1 aliphatic carbocycles. The molecule has 1 heterocycles. The van der Waals surface area contributed by atoms with Gasteiger partial charge < -0.3 is 14.5 Å². The Morgan fingerprint density at radius 1 is 1.11 bits per heavy atom. The summed E-state index contributed by atoms with van der Waals surface area (Å²) in [7, 11) is 0. The van der Waals surface area contributed by atoms with Gasteiger partial charge in [-0.2, -0.15) is 0 Å². The predicted molar refractivity (Wildman–Crippen MR) is 66.8 cm³/mol. The molecule has 0 bridgehead atoms. The number of carbonyl (C=O) groups is 2. The van der Waals surface area contributed by atoms with E-state index in [0.29, 0.717) is 31.9 Å². The lowest BCUT2D eigenvalue weighted by molar-refractivity contribution is -0.130. The summed E-state index contributed by atoms with van der Waals surface area (Å²) in [5, 5.41) is 0. The van der Waals surface area contributed by atoms with E-state index in [2.05, 4.69) is 0 Å². The van der Waals surface area contributed by atoms with Crippen LogP contribution in [0.3, 0.4) is 0 Å². The number of piperazine rings is 1. The molecule has 2 amide bonds. The van der Waals surface area contributed by atoms with Crippen LogP contribution >= 0.6 is 0 Å². The number of ether oxygens (including phenoxy) is 1. The van der Waals surface area contributed by atoms with Crippen LogP contribution in [0.5, 0.6) is 0 Å². The topological polar surface area (TPSA) is 49.9 Å². The van der Waals surface area contributed by atoms with Gasteiger partial charge in [0.1, 0.15) is 5.76 Å². The lowest BCUT2D eigenvalue weighted by atomic mass is 10.2. The minimum Gasteiger partial charge on any atom is -0.411 e. The molecular formula is C13H18N2O3. The van der Waals surface area contributed by atoms with Crippen LogP contribution in [-0.4, -0.2) is 48.0 Å². The summed E-state index contributed by atoms with van der Waals surface area (Å²) < 4.78 is 5.28. The second-order valence-electron chi connectivity index (χ2n) is 4.45. The molecule has 0 unspecified atom stereocenters. The van der Waals surface area contributed by atoms with E-state index in [1.54, 1.807) is 16.7 Å². The average molecular weight is 250 g/mol. The van der Waals surface area contributed by atoms with Gasteiger partial charge in [-0.1, -0.05) is 6.08 Å². The minimum absolute atomic E-state index is 0.0564. The van der Waals surface area contributed by atoms with Gasteiger partial charge in [0.15, 0.2) is 0 Å². The first-order valence-corrected chi connectivity index (χ1v) is 6.26. The first-order valence-electron chi connectivity index (χ1n) is 6.26. The standard InChI is InChI=1S/C13H18N2O3/c1-11(16)14-7-9-15(10-8-14)13(17)18-12-5-3-2-4-6-12/h3,5-6H,2,4,7-10H2,1H3. The third kappa shape index (κ3) is 3.12. The summed E-state index contributed by atoms with van der Waals surface area (Å²) in [5.41, 5.74) is 0. The normalized spacial score (nSPS) is 19.5. The quantitative estimate of drug-likeness (QED) is 0.709. The van der Waals surface area contributed by atoms with Crippen LogP contribution in [0.2, 0.25) is 0 Å². The van der Waals surface area contributed by atoms with Crippen LogP contribution in [-0.2, 0) is 9.53 Å². The Morgan fingerprint density at radius 2 is 1.78 bits per heavy atom. The number of amides is 2. The second-order valence-corrected chi connectivity index (χ2v) is 4.45. The molecule has 98 valence electrons. The Bertz CT molecular complexity index is 393. The third-order valence-corrected chi connectivity index (χ3v) is 3.15. The van der Waals surface area contributed by atoms with Gasteiger partial charge in [-0.25, -0.2) is 4.79 Å². The zero-order valence-corrected chi connectivity index (χ0v) is 10.6. The SMILES string of the molecule is CC(=O)N1CCN(C(=O)OC2=CCCC=C2)CC1. The zero-order valence-electron chi connectivity index (χ0n) is 10.6. The van der Waals surface area contributed by atoms with Crippen molar-refractivity contribution in [3.05, 3.63) is 24.0 Å². The van der Waals surface area contributed by atoms with Crippen molar-refractivity contribution in [3.63, 3.8) is 0 Å². The average Bonchev–Trinajstić information content (AvgIpc) is 2.40. The number of hydrogen-bond donors (Lipinski definition) is 0. The van der Waals surface area contributed by atoms with Gasteiger partial charge >= 0.3 is 6.09 Å². The van der Waals surface area contributed by atoms with Gasteiger partial charge in [-0.15, -0.1) is 0 Å². The van der Waals surface area contributed by atoms with Crippen molar-refractivity contribution in [1.29, 1.82) is 0 Å². The molecule has 0 radical (unpaired) electrons. The van der Waals surface area contributed by atoms with E-state index < -0.39 is 0 Å². The van der Waals surface area contributed by atoms with Gasteiger partial charge in [0.25, 0.3) is 0 Å². The number of allylic oxidation sites excluding steroid dienone is 3. The molecular weight excluding hydrogens is 232 g/mol. The van der Waals surface area contributed by atoms with Crippen molar-refractivity contribution in [1.82, 2.24) is 9.80 Å². The number of nitrogens with zero attached hydrogens (tertiary/aromatic N) is 2. The van der Waals surface area contributed by atoms with Crippen LogP contribution < -0.4 is 0 Å². The Hall–Kier alpha value is -1.78. The molecule has 1 saturated heterocycles. The summed E-state index contributed by atoms with van der Waals surface area (Å²) in [6.45, 7) is 3.79. The van der Waals surface area contributed by atoms with Crippen LogP contribution in [0.25, 0.3) is 0 Å². The fourth-order valence-electron chi connectivity index (χ4n) is 2.03. The number of hydrogen-bond acceptors (Lipinski definition) is 3. The van der Waals surface area contributed by atoms with Crippen molar-refractivity contribution in [2.45, 2.75) is 19.8 Å². The first kappa shape index (κ1) is 12.7. The second kappa shape index (κ2) is 5.71. The van der Waals surface area contributed by atoms with Crippen LogP contribution in [0.4, 0.5) is 4.79 Å². The van der Waals surface area contributed by atoms with E-state index in [9.17, 15) is 9.59 Å². The van der Waals surface area contributed by atoms with Gasteiger partial charge in [0, 0.05) is 33.1 Å². The molecule has 1 fully saturated rings. The molecule has 0 atom stereocenters. The van der Waals surface area contributed by atoms with Crippen molar-refractivity contribution in [2.75, 3.05) is 26.2 Å². The maximum absolute atomic E-state index is 11.9. The predicted octanol–water partition coefficient (Wildman–Crippen LogP) is 1.52. The zero-order chi connectivity index (χ0) is 13.0. The molecule has 2 rings (SSSR count). The molecule has 1 aliphatic heterocycles. The largest absolute Gasteiger partial charge is 0.415 e. The lowest BCUT2D eigenvalue weighted by Gasteiger charge is -2.33. The van der Waals surface area contributed by atoms with E-state index in [1.807, 2.05) is 18.2 Å². The van der Waals surface area contributed by atoms with Crippen LogP contribution in [0, 0.1) is 0 Å². The molecule has 0 aromatic carbocycles. The highest BCUT2D eigenvalue weighted by atomic mass is 16.6. The van der Waals surface area contributed by atoms with Gasteiger partial charge in [-0.05, 0) is 25.0 Å². The maximum atomic E-state index is 11.9. The fraction of sp³-hybridized carbons (Fsp3) is 0.538. The summed E-state index contributed by atoms with van der Waals surface area (Å²) in [5.74, 6) is 0.682. The van der Waals surface area contributed by atoms with E-state index in [4.69, 9.17) is 4.74 Å². The van der Waals surface area contributed by atoms with Crippen molar-refractivity contribution in [3.8, 4) is 0 Å². The Kier molecular flexibility index (Phi) is 4.02. The molecule has 0 aromatic heterocycles. The molecule has 18 heavy (non-hydrogen) atoms. The summed E-state index contributed by atoms with van der Waals surface area (Å²) in [6, 6.07) is 0. The van der Waals surface area contributed by atoms with Crippen LogP contribution in [0.1, 0.15) is 19.8 Å². The highest BCUT2D eigenvalue weighted by Gasteiger charge is 2.23. The molecule has 5 nitrogen and oxygen atoms in total. The highest BCUT2D eigenvalue weighted by molar-refractivity contribution is 5.74. The molecule has 0 saturated carbocycles. The highest BCUT2D eigenvalue weighted by Crippen LogP contribution is 2.13. The van der Waals surface area contributed by atoms with Crippen molar-refractivity contribution in [2.24, 2.45) is 0 Å². The Morgan fingerprint density at radius 3 is 2.33 bits per heavy atom.